The topological polar surface area (TPSA) is 88.8 Å². The zero-order valence-corrected chi connectivity index (χ0v) is 8.52. The summed E-state index contributed by atoms with van der Waals surface area (Å²) >= 11 is 0. The van der Waals surface area contributed by atoms with Gasteiger partial charge in [-0.1, -0.05) is 0 Å². The molecule has 1 heterocycles. The van der Waals surface area contributed by atoms with E-state index in [1.54, 1.807) is 0 Å². The molecule has 1 saturated heterocycles. The minimum Gasteiger partial charge on any atom is -0.346 e. The van der Waals surface area contributed by atoms with Crippen LogP contribution in [-0.2, 0) is 10.2 Å². The summed E-state index contributed by atoms with van der Waals surface area (Å²) in [5.74, 6) is 0.666. The van der Waals surface area contributed by atoms with E-state index in [1.807, 2.05) is 0 Å². The number of nitrogens with one attached hydrogen (secondary N) is 1. The van der Waals surface area contributed by atoms with Crippen molar-refractivity contribution in [2.45, 2.75) is 19.3 Å². The highest BCUT2D eigenvalue weighted by molar-refractivity contribution is 7.87. The maximum absolute atomic E-state index is 10.5. The van der Waals surface area contributed by atoms with Crippen molar-refractivity contribution < 1.29 is 13.7 Å². The average molecular weight is 208 g/mol. The van der Waals surface area contributed by atoms with Crippen LogP contribution in [0.1, 0.15) is 19.3 Å². The normalized spacial score (nSPS) is 20.4. The van der Waals surface area contributed by atoms with E-state index in [0.717, 1.165) is 6.42 Å². The zero-order chi connectivity index (χ0) is 9.73. The molecule has 0 aliphatic carbocycles. The first-order chi connectivity index (χ1) is 6.08. The van der Waals surface area contributed by atoms with Crippen LogP contribution in [0, 0.1) is 5.92 Å². The lowest BCUT2D eigenvalue weighted by atomic mass is 9.95. The molecule has 1 rings (SSSR count). The first-order valence-corrected chi connectivity index (χ1v) is 6.21. The molecule has 0 aromatic carbocycles. The van der Waals surface area contributed by atoms with Gasteiger partial charge in [-0.2, -0.15) is 8.42 Å². The summed E-state index contributed by atoms with van der Waals surface area (Å²) in [5.41, 5.74) is 0. The zero-order valence-electron chi connectivity index (χ0n) is 7.70. The molecule has 0 unspecified atom stereocenters. The standard InChI is InChI=1S/C7H17N3O2S/c8-13(11,12)10-6-3-7-1-4-9-5-2-7/h7,9-10H,1-6H2,(H2,8,11,12)/p+1. The lowest BCUT2D eigenvalue weighted by Crippen LogP contribution is -2.86. The first-order valence-electron chi connectivity index (χ1n) is 4.67. The molecule has 5 N–H and O–H groups in total. The largest absolute Gasteiger partial charge is 0.346 e. The highest BCUT2D eigenvalue weighted by atomic mass is 32.2. The second kappa shape index (κ2) is 4.90. The van der Waals surface area contributed by atoms with Crippen molar-refractivity contribution in [1.82, 2.24) is 4.72 Å². The van der Waals surface area contributed by atoms with Crippen LogP contribution in [0.4, 0.5) is 0 Å². The number of hydrogen-bond donors (Lipinski definition) is 3. The molecule has 0 radical (unpaired) electrons. The Labute approximate surface area is 79.3 Å². The summed E-state index contributed by atoms with van der Waals surface area (Å²) in [6, 6.07) is 0. The van der Waals surface area contributed by atoms with Gasteiger partial charge in [-0.25, -0.2) is 9.86 Å². The third kappa shape index (κ3) is 5.20. The quantitative estimate of drug-likeness (QED) is 0.506. The molecule has 0 amide bonds. The lowest BCUT2D eigenvalue weighted by molar-refractivity contribution is -0.664. The van der Waals surface area contributed by atoms with Crippen LogP contribution in [0.15, 0.2) is 0 Å². The van der Waals surface area contributed by atoms with Gasteiger partial charge in [0.15, 0.2) is 0 Å². The second-order valence-corrected chi connectivity index (χ2v) is 4.92. The van der Waals surface area contributed by atoms with E-state index < -0.39 is 10.2 Å². The van der Waals surface area contributed by atoms with Gasteiger partial charge in [0.2, 0.25) is 0 Å². The van der Waals surface area contributed by atoms with E-state index in [0.29, 0.717) is 12.5 Å². The molecule has 0 spiro atoms. The minimum atomic E-state index is -3.48. The number of nitrogens with two attached hydrogens (primary N) is 2. The van der Waals surface area contributed by atoms with E-state index in [4.69, 9.17) is 5.14 Å². The highest BCUT2D eigenvalue weighted by Crippen LogP contribution is 2.12. The molecule has 0 atom stereocenters. The van der Waals surface area contributed by atoms with Gasteiger partial charge in [0, 0.05) is 6.54 Å². The van der Waals surface area contributed by atoms with Crippen molar-refractivity contribution >= 4 is 10.2 Å². The Morgan fingerprint density at radius 1 is 1.38 bits per heavy atom. The summed E-state index contributed by atoms with van der Waals surface area (Å²) in [6.07, 6.45) is 3.28. The molecule has 1 fully saturated rings. The van der Waals surface area contributed by atoms with Gasteiger partial charge in [-0.05, 0) is 25.2 Å². The van der Waals surface area contributed by atoms with Gasteiger partial charge in [-0.15, -0.1) is 0 Å². The van der Waals surface area contributed by atoms with Crippen LogP contribution in [0.25, 0.3) is 0 Å². The summed E-state index contributed by atoms with van der Waals surface area (Å²) in [7, 11) is -3.48. The van der Waals surface area contributed by atoms with E-state index in [9.17, 15) is 8.42 Å². The van der Waals surface area contributed by atoms with Crippen LogP contribution < -0.4 is 15.2 Å². The smallest absolute Gasteiger partial charge is 0.274 e. The number of quaternary nitrogens is 1. The predicted octanol–water partition coefficient (Wildman–Crippen LogP) is -1.86. The molecular formula is C7H18N3O2S+. The van der Waals surface area contributed by atoms with Crippen LogP contribution in [0.2, 0.25) is 0 Å². The Hall–Kier alpha value is -0.170. The average Bonchev–Trinajstić information content (AvgIpc) is 2.04. The van der Waals surface area contributed by atoms with Crippen molar-refractivity contribution in [3.05, 3.63) is 0 Å². The Bertz CT molecular complexity index is 234. The van der Waals surface area contributed by atoms with E-state index >= 15 is 0 Å². The van der Waals surface area contributed by atoms with Crippen molar-refractivity contribution in [2.75, 3.05) is 19.6 Å². The van der Waals surface area contributed by atoms with Gasteiger partial charge in [0.05, 0.1) is 13.1 Å². The minimum absolute atomic E-state index is 0.476. The Morgan fingerprint density at radius 2 is 2.00 bits per heavy atom. The molecule has 13 heavy (non-hydrogen) atoms. The van der Waals surface area contributed by atoms with E-state index in [1.165, 1.54) is 25.9 Å². The van der Waals surface area contributed by atoms with E-state index in [2.05, 4.69) is 10.0 Å². The molecule has 0 bridgehead atoms. The van der Waals surface area contributed by atoms with Crippen molar-refractivity contribution in [3.8, 4) is 0 Å². The van der Waals surface area contributed by atoms with Gasteiger partial charge < -0.3 is 5.32 Å². The number of piperidine rings is 1. The lowest BCUT2D eigenvalue weighted by Gasteiger charge is -2.19. The first kappa shape index (κ1) is 10.9. The Morgan fingerprint density at radius 3 is 2.54 bits per heavy atom. The summed E-state index contributed by atoms with van der Waals surface area (Å²) in [5, 5.41) is 7.10. The van der Waals surface area contributed by atoms with Crippen molar-refractivity contribution in [3.63, 3.8) is 0 Å². The number of hydrogen-bond acceptors (Lipinski definition) is 2. The third-order valence-corrected chi connectivity index (χ3v) is 3.02. The predicted molar refractivity (Wildman–Crippen MR) is 50.1 cm³/mol. The molecule has 6 heteroatoms. The van der Waals surface area contributed by atoms with Gasteiger partial charge >= 0.3 is 0 Å². The fourth-order valence-electron chi connectivity index (χ4n) is 1.69. The highest BCUT2D eigenvalue weighted by Gasteiger charge is 2.15. The van der Waals surface area contributed by atoms with Gasteiger partial charge in [0.1, 0.15) is 0 Å². The molecule has 5 nitrogen and oxygen atoms in total. The molecule has 0 saturated carbocycles. The molecule has 0 aromatic heterocycles. The molecule has 1 aliphatic heterocycles. The van der Waals surface area contributed by atoms with Crippen molar-refractivity contribution in [2.24, 2.45) is 11.1 Å². The van der Waals surface area contributed by atoms with Gasteiger partial charge in [0.25, 0.3) is 10.2 Å². The second-order valence-electron chi connectivity index (χ2n) is 3.54. The summed E-state index contributed by atoms with van der Waals surface area (Å²) in [6.45, 7) is 2.81. The SMILES string of the molecule is NS(=O)(=O)NCCC1CC[NH2+]CC1. The summed E-state index contributed by atoms with van der Waals surface area (Å²) in [4.78, 5) is 0. The third-order valence-electron chi connectivity index (χ3n) is 2.41. The maximum atomic E-state index is 10.5. The van der Waals surface area contributed by atoms with Crippen LogP contribution in [0.5, 0.6) is 0 Å². The fraction of sp³-hybridized carbons (Fsp3) is 1.00. The maximum Gasteiger partial charge on any atom is 0.274 e. The van der Waals surface area contributed by atoms with Crippen LogP contribution in [0.3, 0.4) is 0 Å². The molecule has 78 valence electrons. The fourth-order valence-corrected chi connectivity index (χ4v) is 2.09. The Balaban J connectivity index is 2.11. The number of rotatable bonds is 4. The van der Waals surface area contributed by atoms with Crippen molar-refractivity contribution in [1.29, 1.82) is 0 Å². The monoisotopic (exact) mass is 208 g/mol. The molecular weight excluding hydrogens is 190 g/mol. The van der Waals surface area contributed by atoms with Gasteiger partial charge in [-0.3, -0.25) is 0 Å². The van der Waals surface area contributed by atoms with Crippen LogP contribution in [-0.4, -0.2) is 28.1 Å². The van der Waals surface area contributed by atoms with E-state index in [-0.39, 0.29) is 0 Å². The summed E-state index contributed by atoms with van der Waals surface area (Å²) < 4.78 is 23.4. The van der Waals surface area contributed by atoms with Crippen LogP contribution >= 0.6 is 0 Å². The molecule has 0 aromatic rings. The Kier molecular flexibility index (Phi) is 4.11. The molecule has 1 aliphatic rings.